The first-order valence-corrected chi connectivity index (χ1v) is 4.21. The molecule has 0 aliphatic carbocycles. The molecule has 1 rings (SSSR count). The van der Waals surface area contributed by atoms with E-state index < -0.39 is 11.0 Å². The fourth-order valence-corrected chi connectivity index (χ4v) is 1.20. The van der Waals surface area contributed by atoms with Crippen molar-refractivity contribution in [1.82, 2.24) is 0 Å². The predicted octanol–water partition coefficient (Wildman–Crippen LogP) is 1.81. The van der Waals surface area contributed by atoms with Crippen molar-refractivity contribution in [2.45, 2.75) is 0 Å². The fraction of sp³-hybridized carbons (Fsp3) is 0. The molecule has 0 saturated carbocycles. The minimum atomic E-state index is -1.01. The van der Waals surface area contributed by atoms with Gasteiger partial charge in [0.25, 0.3) is 5.69 Å². The lowest BCUT2D eigenvalue weighted by atomic mass is 10.3. The van der Waals surface area contributed by atoms with Gasteiger partial charge in [-0.2, -0.15) is 0 Å². The van der Waals surface area contributed by atoms with Gasteiger partial charge in [0.2, 0.25) is 0 Å². The van der Waals surface area contributed by atoms with Gasteiger partial charge < -0.3 is 10.5 Å². The first-order chi connectivity index (χ1) is 6.50. The van der Waals surface area contributed by atoms with Gasteiger partial charge in [0.1, 0.15) is 5.75 Å². The minimum absolute atomic E-state index is 0.0346. The Bertz CT molecular complexity index is 393. The van der Waals surface area contributed by atoms with E-state index in [9.17, 15) is 14.9 Å². The number of nitrogens with zero attached hydrogens (tertiary/aromatic N) is 1. The van der Waals surface area contributed by atoms with E-state index in [0.717, 1.165) is 6.07 Å². The van der Waals surface area contributed by atoms with Crippen molar-refractivity contribution in [3.63, 3.8) is 0 Å². The maximum atomic E-state index is 10.5. The Morgan fingerprint density at radius 2 is 2.21 bits per heavy atom. The van der Waals surface area contributed by atoms with Crippen molar-refractivity contribution in [2.75, 3.05) is 0 Å². The molecule has 74 valence electrons. The molecule has 0 aliphatic rings. The first kappa shape index (κ1) is 10.5. The summed E-state index contributed by atoms with van der Waals surface area (Å²) in [6.45, 7) is 0. The van der Waals surface area contributed by atoms with Gasteiger partial charge >= 0.3 is 6.09 Å². The number of primary amides is 1. The highest BCUT2D eigenvalue weighted by molar-refractivity contribution is 9.10. The van der Waals surface area contributed by atoms with Crippen LogP contribution in [-0.4, -0.2) is 11.0 Å². The van der Waals surface area contributed by atoms with Crippen LogP contribution in [0.3, 0.4) is 0 Å². The number of ether oxygens (including phenoxy) is 1. The number of carbonyl (C=O) groups is 1. The van der Waals surface area contributed by atoms with Crippen molar-refractivity contribution < 1.29 is 14.5 Å². The number of halogens is 1. The summed E-state index contributed by atoms with van der Waals surface area (Å²) in [5.41, 5.74) is 4.56. The maximum absolute atomic E-state index is 10.5. The van der Waals surface area contributed by atoms with E-state index in [1.54, 1.807) is 0 Å². The molecule has 0 aliphatic heterocycles. The molecule has 14 heavy (non-hydrogen) atoms. The molecule has 1 amide bonds. The third-order valence-corrected chi connectivity index (χ3v) is 2.00. The lowest BCUT2D eigenvalue weighted by molar-refractivity contribution is -0.385. The monoisotopic (exact) mass is 260 g/mol. The average Bonchev–Trinajstić information content (AvgIpc) is 2.07. The number of rotatable bonds is 2. The summed E-state index contributed by atoms with van der Waals surface area (Å²) in [5.74, 6) is 0.0346. The van der Waals surface area contributed by atoms with Crippen molar-refractivity contribution >= 4 is 27.7 Å². The molecular weight excluding hydrogens is 256 g/mol. The second-order valence-electron chi connectivity index (χ2n) is 2.29. The van der Waals surface area contributed by atoms with Crippen LogP contribution in [0.2, 0.25) is 0 Å². The van der Waals surface area contributed by atoms with Crippen molar-refractivity contribution in [3.05, 3.63) is 32.8 Å². The van der Waals surface area contributed by atoms with Crippen LogP contribution in [0.1, 0.15) is 0 Å². The van der Waals surface area contributed by atoms with Gasteiger partial charge in [0, 0.05) is 0 Å². The number of nitro benzene ring substituents is 1. The number of nitro groups is 1. The van der Waals surface area contributed by atoms with Crippen LogP contribution in [0, 0.1) is 10.1 Å². The van der Waals surface area contributed by atoms with Crippen molar-refractivity contribution in [1.29, 1.82) is 0 Å². The van der Waals surface area contributed by atoms with Gasteiger partial charge in [-0.3, -0.25) is 10.1 Å². The quantitative estimate of drug-likeness (QED) is 0.648. The third-order valence-electron chi connectivity index (χ3n) is 1.33. The van der Waals surface area contributed by atoms with E-state index in [0.29, 0.717) is 4.47 Å². The summed E-state index contributed by atoms with van der Waals surface area (Å²) in [7, 11) is 0. The number of hydrogen-bond donors (Lipinski definition) is 1. The van der Waals surface area contributed by atoms with Crippen LogP contribution in [0.5, 0.6) is 5.75 Å². The van der Waals surface area contributed by atoms with Crippen LogP contribution < -0.4 is 10.5 Å². The fourth-order valence-electron chi connectivity index (χ4n) is 0.812. The lowest BCUT2D eigenvalue weighted by Crippen LogP contribution is -2.16. The first-order valence-electron chi connectivity index (χ1n) is 3.42. The molecule has 2 N–H and O–H groups in total. The molecule has 0 spiro atoms. The van der Waals surface area contributed by atoms with E-state index in [1.165, 1.54) is 12.1 Å². The summed E-state index contributed by atoms with van der Waals surface area (Å²) in [5, 5.41) is 10.5. The Morgan fingerprint density at radius 3 is 2.71 bits per heavy atom. The molecule has 7 heteroatoms. The second-order valence-corrected chi connectivity index (χ2v) is 3.15. The third kappa shape index (κ3) is 2.43. The Morgan fingerprint density at radius 1 is 1.57 bits per heavy atom. The van der Waals surface area contributed by atoms with E-state index in [4.69, 9.17) is 5.73 Å². The average molecular weight is 261 g/mol. The van der Waals surface area contributed by atoms with Gasteiger partial charge in [-0.25, -0.2) is 4.79 Å². The highest BCUT2D eigenvalue weighted by atomic mass is 79.9. The Kier molecular flexibility index (Phi) is 3.03. The number of hydrogen-bond acceptors (Lipinski definition) is 4. The molecule has 6 nitrogen and oxygen atoms in total. The summed E-state index contributed by atoms with van der Waals surface area (Å²) >= 11 is 2.98. The van der Waals surface area contributed by atoms with Crippen LogP contribution in [0.25, 0.3) is 0 Å². The van der Waals surface area contributed by atoms with Gasteiger partial charge in [0.15, 0.2) is 0 Å². The molecular formula is C7H5BrN2O4. The Balaban J connectivity index is 3.06. The van der Waals surface area contributed by atoms with E-state index in [-0.39, 0.29) is 11.4 Å². The van der Waals surface area contributed by atoms with Crippen LogP contribution >= 0.6 is 15.9 Å². The largest absolute Gasteiger partial charge is 0.410 e. The zero-order valence-electron chi connectivity index (χ0n) is 6.77. The molecule has 0 unspecified atom stereocenters. The smallest absolute Gasteiger partial charge is 0.409 e. The topological polar surface area (TPSA) is 95.5 Å². The summed E-state index contributed by atoms with van der Waals surface area (Å²) in [6, 6.07) is 3.90. The molecule has 1 aromatic rings. The number of carbonyl (C=O) groups excluding carboxylic acids is 1. The van der Waals surface area contributed by atoms with E-state index in [1.807, 2.05) is 0 Å². The lowest BCUT2D eigenvalue weighted by Gasteiger charge is -2.00. The van der Waals surface area contributed by atoms with Crippen LogP contribution in [0.15, 0.2) is 22.7 Å². The molecule has 0 radical (unpaired) electrons. The van der Waals surface area contributed by atoms with Gasteiger partial charge in [-0.05, 0) is 28.1 Å². The predicted molar refractivity (Wildman–Crippen MR) is 51.0 cm³/mol. The van der Waals surface area contributed by atoms with Crippen molar-refractivity contribution in [3.8, 4) is 5.75 Å². The highest BCUT2D eigenvalue weighted by Gasteiger charge is 2.13. The van der Waals surface area contributed by atoms with Gasteiger partial charge in [-0.15, -0.1) is 0 Å². The van der Waals surface area contributed by atoms with E-state index in [2.05, 4.69) is 20.7 Å². The molecule has 0 bridgehead atoms. The SMILES string of the molecule is NC(=O)Oc1ccc(Br)c([N+](=O)[O-])c1. The molecule has 0 fully saturated rings. The van der Waals surface area contributed by atoms with Crippen LogP contribution in [-0.2, 0) is 0 Å². The highest BCUT2D eigenvalue weighted by Crippen LogP contribution is 2.28. The molecule has 0 aromatic heterocycles. The standard InChI is InChI=1S/C7H5BrN2O4/c8-5-2-1-4(14-7(9)11)3-6(5)10(12)13/h1-3H,(H2,9,11). The van der Waals surface area contributed by atoms with Crippen LogP contribution in [0.4, 0.5) is 10.5 Å². The molecule has 1 aromatic carbocycles. The second kappa shape index (κ2) is 4.05. The minimum Gasteiger partial charge on any atom is -0.410 e. The summed E-state index contributed by atoms with van der Waals surface area (Å²) in [4.78, 5) is 20.2. The maximum Gasteiger partial charge on any atom is 0.409 e. The Hall–Kier alpha value is -1.63. The summed E-state index contributed by atoms with van der Waals surface area (Å²) in [6.07, 6.45) is -1.01. The van der Waals surface area contributed by atoms with Gasteiger partial charge in [0.05, 0.1) is 15.5 Å². The number of amides is 1. The summed E-state index contributed by atoms with van der Waals surface area (Å²) < 4.78 is 4.78. The zero-order chi connectivity index (χ0) is 10.7. The zero-order valence-corrected chi connectivity index (χ0v) is 8.35. The number of benzene rings is 1. The molecule has 0 heterocycles. The van der Waals surface area contributed by atoms with Gasteiger partial charge in [-0.1, -0.05) is 0 Å². The molecule has 0 saturated heterocycles. The molecule has 0 atom stereocenters. The van der Waals surface area contributed by atoms with Crippen molar-refractivity contribution in [2.24, 2.45) is 5.73 Å². The normalized spacial score (nSPS) is 9.50. The number of nitrogens with two attached hydrogens (primary N) is 1. The Labute approximate surface area is 86.9 Å². The van der Waals surface area contributed by atoms with E-state index >= 15 is 0 Å².